The highest BCUT2D eigenvalue weighted by molar-refractivity contribution is 5.92. The zero-order chi connectivity index (χ0) is 16.4. The molecule has 2 heterocycles. The van der Waals surface area contributed by atoms with Crippen LogP contribution in [0.25, 0.3) is 0 Å². The van der Waals surface area contributed by atoms with E-state index >= 15 is 0 Å². The highest BCUT2D eigenvalue weighted by atomic mass is 16.5. The molecular weight excluding hydrogens is 294 g/mol. The van der Waals surface area contributed by atoms with Crippen LogP contribution in [-0.4, -0.2) is 35.6 Å². The van der Waals surface area contributed by atoms with E-state index in [4.69, 9.17) is 9.15 Å². The largest absolute Gasteiger partial charge is 0.497 e. The molecule has 1 aliphatic heterocycles. The molecule has 1 aliphatic rings. The Kier molecular flexibility index (Phi) is 4.13. The third kappa shape index (κ3) is 2.84. The smallest absolute Gasteiger partial charge is 0.289 e. The normalized spacial score (nSPS) is 20.3. The zero-order valence-corrected chi connectivity index (χ0v) is 13.4. The molecule has 1 aromatic heterocycles. The Morgan fingerprint density at radius 2 is 2.09 bits per heavy atom. The minimum absolute atomic E-state index is 0.175. The second-order valence-electron chi connectivity index (χ2n) is 6.01. The lowest BCUT2D eigenvalue weighted by atomic mass is 9.86. The number of likely N-dealkylation sites (tertiary alicyclic amines) is 1. The molecule has 5 heteroatoms. The fourth-order valence-electron chi connectivity index (χ4n) is 3.26. The van der Waals surface area contributed by atoms with E-state index < -0.39 is 5.60 Å². The van der Waals surface area contributed by atoms with Crippen LogP contribution in [0.4, 0.5) is 0 Å². The van der Waals surface area contributed by atoms with Crippen molar-refractivity contribution < 1.29 is 19.1 Å². The highest BCUT2D eigenvalue weighted by Crippen LogP contribution is 2.36. The Hall–Kier alpha value is -2.27. The predicted molar refractivity (Wildman–Crippen MR) is 85.3 cm³/mol. The first-order valence-corrected chi connectivity index (χ1v) is 7.75. The lowest BCUT2D eigenvalue weighted by Gasteiger charge is -2.36. The number of aliphatic hydroxyl groups is 1. The van der Waals surface area contributed by atoms with Gasteiger partial charge in [-0.1, -0.05) is 12.1 Å². The van der Waals surface area contributed by atoms with E-state index in [1.54, 1.807) is 31.1 Å². The van der Waals surface area contributed by atoms with Crippen LogP contribution in [0.3, 0.4) is 0 Å². The van der Waals surface area contributed by atoms with E-state index in [1.807, 2.05) is 24.3 Å². The molecule has 1 fully saturated rings. The van der Waals surface area contributed by atoms with E-state index in [-0.39, 0.29) is 11.9 Å². The topological polar surface area (TPSA) is 62.9 Å². The molecule has 0 saturated carbocycles. The summed E-state index contributed by atoms with van der Waals surface area (Å²) in [5.41, 5.74) is -0.368. The maximum absolute atomic E-state index is 12.6. The van der Waals surface area contributed by atoms with E-state index in [0.29, 0.717) is 12.3 Å². The maximum atomic E-state index is 12.6. The van der Waals surface area contributed by atoms with Gasteiger partial charge in [0.2, 0.25) is 0 Å². The summed E-state index contributed by atoms with van der Waals surface area (Å²) in [6.45, 7) is 2.38. The standard InChI is InChI=1S/C18H21NO4/c1-18(21,13-7-9-14(22-2)10-8-13)16-6-3-11-19(16)17(20)15-5-4-12-23-15/h4-5,7-10,12,16,21H,3,6,11H2,1-2H3/t16-,18+/m0/s1. The molecule has 3 rings (SSSR count). The van der Waals surface area contributed by atoms with Gasteiger partial charge in [-0.2, -0.15) is 0 Å². The number of ether oxygens (including phenoxy) is 1. The van der Waals surface area contributed by atoms with Gasteiger partial charge < -0.3 is 19.2 Å². The summed E-state index contributed by atoms with van der Waals surface area (Å²) in [6.07, 6.45) is 3.11. The number of benzene rings is 1. The fraction of sp³-hybridized carbons (Fsp3) is 0.389. The Morgan fingerprint density at radius 1 is 1.35 bits per heavy atom. The number of hydrogen-bond acceptors (Lipinski definition) is 4. The summed E-state index contributed by atoms with van der Waals surface area (Å²) in [5.74, 6) is 0.869. The molecule has 23 heavy (non-hydrogen) atoms. The minimum atomic E-state index is -1.13. The third-order valence-electron chi connectivity index (χ3n) is 4.57. The van der Waals surface area contributed by atoms with Crippen molar-refractivity contribution in [1.29, 1.82) is 0 Å². The molecule has 1 N–H and O–H groups in total. The van der Waals surface area contributed by atoms with Crippen LogP contribution < -0.4 is 4.74 Å². The molecule has 2 atom stereocenters. The summed E-state index contributed by atoms with van der Waals surface area (Å²) in [6, 6.07) is 10.4. The number of methoxy groups -OCH3 is 1. The van der Waals surface area contributed by atoms with E-state index in [9.17, 15) is 9.90 Å². The zero-order valence-electron chi connectivity index (χ0n) is 13.4. The minimum Gasteiger partial charge on any atom is -0.497 e. The van der Waals surface area contributed by atoms with Crippen LogP contribution in [0.1, 0.15) is 35.9 Å². The Morgan fingerprint density at radius 3 is 2.70 bits per heavy atom. The molecule has 0 bridgehead atoms. The number of carbonyl (C=O) groups is 1. The predicted octanol–water partition coefficient (Wildman–Crippen LogP) is 2.80. The van der Waals surface area contributed by atoms with E-state index in [0.717, 1.165) is 24.2 Å². The first kappa shape index (κ1) is 15.6. The maximum Gasteiger partial charge on any atom is 0.289 e. The Labute approximate surface area is 135 Å². The molecule has 2 aromatic rings. The second kappa shape index (κ2) is 6.08. The summed E-state index contributed by atoms with van der Waals surface area (Å²) < 4.78 is 10.4. The lowest BCUT2D eigenvalue weighted by Crippen LogP contribution is -2.48. The molecule has 122 valence electrons. The van der Waals surface area contributed by atoms with E-state index in [1.165, 1.54) is 6.26 Å². The summed E-state index contributed by atoms with van der Waals surface area (Å²) in [4.78, 5) is 14.3. The first-order chi connectivity index (χ1) is 11.0. The van der Waals surface area contributed by atoms with Crippen molar-refractivity contribution in [2.45, 2.75) is 31.4 Å². The molecular formula is C18H21NO4. The fourth-order valence-corrected chi connectivity index (χ4v) is 3.26. The SMILES string of the molecule is COc1ccc([C@@](C)(O)[C@@H]2CCCN2C(=O)c2ccco2)cc1. The molecule has 1 amide bonds. The lowest BCUT2D eigenvalue weighted by molar-refractivity contribution is -0.0185. The number of furan rings is 1. The van der Waals surface area contributed by atoms with Crippen molar-refractivity contribution in [3.05, 3.63) is 54.0 Å². The molecule has 0 unspecified atom stereocenters. The average Bonchev–Trinajstić information content (AvgIpc) is 3.25. The van der Waals surface area contributed by atoms with Gasteiger partial charge in [0.25, 0.3) is 5.91 Å². The molecule has 0 aliphatic carbocycles. The molecule has 0 spiro atoms. The van der Waals surface area contributed by atoms with Gasteiger partial charge in [0.1, 0.15) is 11.4 Å². The second-order valence-corrected chi connectivity index (χ2v) is 6.01. The van der Waals surface area contributed by atoms with Crippen LogP contribution in [0.2, 0.25) is 0 Å². The summed E-state index contributed by atoms with van der Waals surface area (Å²) in [7, 11) is 1.61. The number of nitrogens with zero attached hydrogens (tertiary/aromatic N) is 1. The van der Waals surface area contributed by atoms with Crippen molar-refractivity contribution in [3.63, 3.8) is 0 Å². The van der Waals surface area contributed by atoms with Gasteiger partial charge in [0.15, 0.2) is 5.76 Å². The molecule has 1 aromatic carbocycles. The van der Waals surface area contributed by atoms with Gasteiger partial charge in [-0.15, -0.1) is 0 Å². The van der Waals surface area contributed by atoms with Gasteiger partial charge >= 0.3 is 0 Å². The molecule has 5 nitrogen and oxygen atoms in total. The van der Waals surface area contributed by atoms with Crippen LogP contribution >= 0.6 is 0 Å². The van der Waals surface area contributed by atoms with Gasteiger partial charge in [-0.25, -0.2) is 0 Å². The number of rotatable bonds is 4. The van der Waals surface area contributed by atoms with Gasteiger partial charge in [0.05, 0.1) is 19.4 Å². The van der Waals surface area contributed by atoms with Gasteiger partial charge in [-0.05, 0) is 49.6 Å². The van der Waals surface area contributed by atoms with Crippen LogP contribution in [0.5, 0.6) is 5.75 Å². The van der Waals surface area contributed by atoms with Crippen molar-refractivity contribution in [1.82, 2.24) is 4.90 Å². The van der Waals surface area contributed by atoms with Crippen molar-refractivity contribution in [2.75, 3.05) is 13.7 Å². The molecule has 0 radical (unpaired) electrons. The van der Waals surface area contributed by atoms with Gasteiger partial charge in [0, 0.05) is 6.54 Å². The van der Waals surface area contributed by atoms with Crippen molar-refractivity contribution >= 4 is 5.91 Å². The average molecular weight is 315 g/mol. The highest BCUT2D eigenvalue weighted by Gasteiger charge is 2.43. The Bertz CT molecular complexity index is 661. The van der Waals surface area contributed by atoms with Crippen molar-refractivity contribution in [3.8, 4) is 5.75 Å². The van der Waals surface area contributed by atoms with Crippen LogP contribution in [0, 0.1) is 0 Å². The third-order valence-corrected chi connectivity index (χ3v) is 4.57. The van der Waals surface area contributed by atoms with Crippen LogP contribution in [0.15, 0.2) is 47.1 Å². The quantitative estimate of drug-likeness (QED) is 0.942. The monoisotopic (exact) mass is 315 g/mol. The number of carbonyl (C=O) groups excluding carboxylic acids is 1. The van der Waals surface area contributed by atoms with Crippen molar-refractivity contribution in [2.24, 2.45) is 0 Å². The number of amides is 1. The van der Waals surface area contributed by atoms with E-state index in [2.05, 4.69) is 0 Å². The first-order valence-electron chi connectivity index (χ1n) is 7.75. The summed E-state index contributed by atoms with van der Waals surface area (Å²) >= 11 is 0. The number of hydrogen-bond donors (Lipinski definition) is 1. The summed E-state index contributed by atoms with van der Waals surface area (Å²) in [5, 5.41) is 11.1. The Balaban J connectivity index is 1.86. The van der Waals surface area contributed by atoms with Crippen LogP contribution in [-0.2, 0) is 5.60 Å². The molecule has 1 saturated heterocycles. The van der Waals surface area contributed by atoms with Gasteiger partial charge in [-0.3, -0.25) is 4.79 Å².